The first-order valence-electron chi connectivity index (χ1n) is 3.09. The Balaban J connectivity index is 2.41. The van der Waals surface area contributed by atoms with Crippen molar-refractivity contribution in [1.82, 2.24) is 0 Å². The lowest BCUT2D eigenvalue weighted by Gasteiger charge is -2.28. The number of hydrogen-bond acceptors (Lipinski definition) is 2. The van der Waals surface area contributed by atoms with Crippen LogP contribution in [0, 0.1) is 0 Å². The standard InChI is InChI=1S/C6H11FO2/c1-4-6(7)5(2)9-3-8-4/h4-6H,3H2,1-2H3. The van der Waals surface area contributed by atoms with Crippen molar-refractivity contribution >= 4 is 0 Å². The topological polar surface area (TPSA) is 18.5 Å². The lowest BCUT2D eigenvalue weighted by Crippen LogP contribution is -2.39. The highest BCUT2D eigenvalue weighted by molar-refractivity contribution is 4.73. The van der Waals surface area contributed by atoms with Crippen molar-refractivity contribution in [3.05, 3.63) is 0 Å². The van der Waals surface area contributed by atoms with E-state index in [2.05, 4.69) is 0 Å². The van der Waals surface area contributed by atoms with E-state index in [0.29, 0.717) is 0 Å². The molecule has 0 amide bonds. The molecule has 0 aromatic rings. The summed E-state index contributed by atoms with van der Waals surface area (Å²) in [6.45, 7) is 3.65. The second kappa shape index (κ2) is 2.62. The summed E-state index contributed by atoms with van der Waals surface area (Å²) >= 11 is 0. The fraction of sp³-hybridized carbons (Fsp3) is 1.00. The van der Waals surface area contributed by atoms with Crippen LogP contribution >= 0.6 is 0 Å². The van der Waals surface area contributed by atoms with Crippen LogP contribution < -0.4 is 0 Å². The summed E-state index contributed by atoms with van der Waals surface area (Å²) in [5.74, 6) is 0. The Hall–Kier alpha value is -0.150. The minimum Gasteiger partial charge on any atom is -0.349 e. The van der Waals surface area contributed by atoms with Crippen LogP contribution in [-0.4, -0.2) is 25.2 Å². The Bertz CT molecular complexity index is 87.1. The minimum absolute atomic E-state index is 0.225. The van der Waals surface area contributed by atoms with Gasteiger partial charge in [-0.25, -0.2) is 4.39 Å². The van der Waals surface area contributed by atoms with E-state index < -0.39 is 6.17 Å². The van der Waals surface area contributed by atoms with E-state index in [1.807, 2.05) is 0 Å². The molecule has 0 spiro atoms. The molecule has 0 bridgehead atoms. The van der Waals surface area contributed by atoms with Crippen molar-refractivity contribution in [2.45, 2.75) is 32.2 Å². The summed E-state index contributed by atoms with van der Waals surface area (Å²) in [5, 5.41) is 0. The Morgan fingerprint density at radius 2 is 1.67 bits per heavy atom. The van der Waals surface area contributed by atoms with Crippen LogP contribution in [0.15, 0.2) is 0 Å². The molecule has 1 aliphatic rings. The zero-order chi connectivity index (χ0) is 6.85. The van der Waals surface area contributed by atoms with Crippen molar-refractivity contribution in [3.8, 4) is 0 Å². The Morgan fingerprint density at radius 3 is 2.00 bits per heavy atom. The molecule has 2 atom stereocenters. The van der Waals surface area contributed by atoms with Crippen molar-refractivity contribution in [3.63, 3.8) is 0 Å². The molecule has 0 aromatic heterocycles. The van der Waals surface area contributed by atoms with Crippen LogP contribution in [0.3, 0.4) is 0 Å². The Morgan fingerprint density at radius 1 is 1.22 bits per heavy atom. The zero-order valence-corrected chi connectivity index (χ0v) is 5.63. The average molecular weight is 134 g/mol. The number of alkyl halides is 1. The molecule has 1 rings (SSSR count). The third-order valence-electron chi connectivity index (χ3n) is 1.56. The summed E-state index contributed by atoms with van der Waals surface area (Å²) in [5.41, 5.74) is 0. The van der Waals surface area contributed by atoms with Gasteiger partial charge in [-0.2, -0.15) is 0 Å². The highest BCUT2D eigenvalue weighted by atomic mass is 19.1. The van der Waals surface area contributed by atoms with Gasteiger partial charge in [0.25, 0.3) is 0 Å². The Labute approximate surface area is 54.0 Å². The van der Waals surface area contributed by atoms with Gasteiger partial charge < -0.3 is 9.47 Å². The molecule has 3 heteroatoms. The lowest BCUT2D eigenvalue weighted by atomic mass is 10.1. The highest BCUT2D eigenvalue weighted by Gasteiger charge is 2.28. The van der Waals surface area contributed by atoms with Gasteiger partial charge in [0.2, 0.25) is 0 Å². The second-order valence-electron chi connectivity index (χ2n) is 2.31. The van der Waals surface area contributed by atoms with Crippen molar-refractivity contribution in [2.24, 2.45) is 0 Å². The van der Waals surface area contributed by atoms with Crippen LogP contribution in [0.5, 0.6) is 0 Å². The molecule has 1 fully saturated rings. The van der Waals surface area contributed by atoms with Gasteiger partial charge in [-0.1, -0.05) is 0 Å². The number of halogens is 1. The molecule has 9 heavy (non-hydrogen) atoms. The third kappa shape index (κ3) is 1.40. The largest absolute Gasteiger partial charge is 0.349 e. The van der Waals surface area contributed by atoms with E-state index >= 15 is 0 Å². The number of hydrogen-bond donors (Lipinski definition) is 0. The number of rotatable bonds is 0. The van der Waals surface area contributed by atoms with Crippen LogP contribution in [0.1, 0.15) is 13.8 Å². The third-order valence-corrected chi connectivity index (χ3v) is 1.56. The molecule has 1 aliphatic heterocycles. The maximum Gasteiger partial charge on any atom is 0.152 e. The van der Waals surface area contributed by atoms with E-state index in [0.717, 1.165) is 0 Å². The SMILES string of the molecule is CC1OCOC(C)C1F. The predicted molar refractivity (Wildman–Crippen MR) is 30.9 cm³/mol. The molecule has 0 saturated carbocycles. The van der Waals surface area contributed by atoms with Gasteiger partial charge in [-0.3, -0.25) is 0 Å². The quantitative estimate of drug-likeness (QED) is 0.494. The molecular weight excluding hydrogens is 123 g/mol. The number of ether oxygens (including phenoxy) is 2. The monoisotopic (exact) mass is 134 g/mol. The van der Waals surface area contributed by atoms with E-state index in [9.17, 15) is 4.39 Å². The van der Waals surface area contributed by atoms with E-state index in [4.69, 9.17) is 9.47 Å². The zero-order valence-electron chi connectivity index (χ0n) is 5.63. The second-order valence-corrected chi connectivity index (χ2v) is 2.31. The fourth-order valence-electron chi connectivity index (χ4n) is 0.819. The summed E-state index contributed by atoms with van der Waals surface area (Å²) in [6, 6.07) is 0. The van der Waals surface area contributed by atoms with E-state index in [1.165, 1.54) is 0 Å². The van der Waals surface area contributed by atoms with Crippen molar-refractivity contribution < 1.29 is 13.9 Å². The maximum atomic E-state index is 12.7. The smallest absolute Gasteiger partial charge is 0.152 e. The van der Waals surface area contributed by atoms with E-state index in [1.54, 1.807) is 13.8 Å². The summed E-state index contributed by atoms with van der Waals surface area (Å²) in [6.07, 6.45) is -1.60. The van der Waals surface area contributed by atoms with Crippen molar-refractivity contribution in [2.75, 3.05) is 6.79 Å². The fourth-order valence-corrected chi connectivity index (χ4v) is 0.819. The van der Waals surface area contributed by atoms with Gasteiger partial charge in [0, 0.05) is 0 Å². The molecule has 1 saturated heterocycles. The molecule has 0 radical (unpaired) electrons. The van der Waals surface area contributed by atoms with Crippen LogP contribution in [0.25, 0.3) is 0 Å². The molecular formula is C6H11FO2. The van der Waals surface area contributed by atoms with Gasteiger partial charge in [0.15, 0.2) is 6.17 Å². The summed E-state index contributed by atoms with van der Waals surface area (Å²) in [7, 11) is 0. The molecule has 0 aromatic carbocycles. The molecule has 2 unspecified atom stereocenters. The highest BCUT2D eigenvalue weighted by Crippen LogP contribution is 2.15. The van der Waals surface area contributed by atoms with Gasteiger partial charge in [-0.15, -0.1) is 0 Å². The summed E-state index contributed by atoms with van der Waals surface area (Å²) in [4.78, 5) is 0. The average Bonchev–Trinajstić information content (AvgIpc) is 1.83. The predicted octanol–water partition coefficient (Wildman–Crippen LogP) is 1.11. The molecule has 0 N–H and O–H groups in total. The first kappa shape index (κ1) is 6.96. The Kier molecular flexibility index (Phi) is 2.03. The molecule has 1 heterocycles. The lowest BCUT2D eigenvalue weighted by molar-refractivity contribution is -0.200. The van der Waals surface area contributed by atoms with Crippen LogP contribution in [-0.2, 0) is 9.47 Å². The normalized spacial score (nSPS) is 45.0. The van der Waals surface area contributed by atoms with E-state index in [-0.39, 0.29) is 19.0 Å². The molecule has 54 valence electrons. The van der Waals surface area contributed by atoms with Gasteiger partial charge in [0.1, 0.15) is 6.79 Å². The van der Waals surface area contributed by atoms with Gasteiger partial charge in [-0.05, 0) is 13.8 Å². The van der Waals surface area contributed by atoms with Crippen LogP contribution in [0.4, 0.5) is 4.39 Å². The first-order valence-corrected chi connectivity index (χ1v) is 3.09. The molecule has 2 nitrogen and oxygen atoms in total. The van der Waals surface area contributed by atoms with Gasteiger partial charge >= 0.3 is 0 Å². The summed E-state index contributed by atoms with van der Waals surface area (Å²) < 4.78 is 22.4. The van der Waals surface area contributed by atoms with Gasteiger partial charge in [0.05, 0.1) is 12.2 Å². The minimum atomic E-state index is -0.973. The molecule has 0 aliphatic carbocycles. The van der Waals surface area contributed by atoms with Crippen LogP contribution in [0.2, 0.25) is 0 Å². The van der Waals surface area contributed by atoms with Crippen molar-refractivity contribution in [1.29, 1.82) is 0 Å². The first-order chi connectivity index (χ1) is 4.22. The maximum absolute atomic E-state index is 12.7.